The second-order valence-electron chi connectivity index (χ2n) is 6.88. The minimum absolute atomic E-state index is 0.158. The van der Waals surface area contributed by atoms with Gasteiger partial charge in [-0.1, -0.05) is 18.2 Å². The van der Waals surface area contributed by atoms with Gasteiger partial charge in [0.05, 0.1) is 18.4 Å². The summed E-state index contributed by atoms with van der Waals surface area (Å²) >= 11 is 0. The van der Waals surface area contributed by atoms with Crippen LogP contribution in [0.25, 0.3) is 6.08 Å². The van der Waals surface area contributed by atoms with E-state index in [1.165, 1.54) is 6.08 Å². The third kappa shape index (κ3) is 3.93. The average Bonchev–Trinajstić information content (AvgIpc) is 3.41. The number of fused-ring (bicyclic) bond motifs is 2. The average molecular weight is 405 g/mol. The lowest BCUT2D eigenvalue weighted by molar-refractivity contribution is -0.111. The molecule has 2 aromatic carbocycles. The summed E-state index contributed by atoms with van der Waals surface area (Å²) in [6, 6.07) is 13.1. The Bertz CT molecular complexity index is 1110. The summed E-state index contributed by atoms with van der Waals surface area (Å²) in [5.41, 5.74) is 1.45. The van der Waals surface area contributed by atoms with Gasteiger partial charge in [0.1, 0.15) is 6.61 Å². The Morgan fingerprint density at radius 1 is 1.10 bits per heavy atom. The van der Waals surface area contributed by atoms with Gasteiger partial charge in [-0.15, -0.1) is 0 Å². The highest BCUT2D eigenvalue weighted by molar-refractivity contribution is 6.01. The van der Waals surface area contributed by atoms with Gasteiger partial charge in [0.15, 0.2) is 29.1 Å². The van der Waals surface area contributed by atoms with Crippen LogP contribution in [0, 0.1) is 0 Å². The van der Waals surface area contributed by atoms with E-state index in [-0.39, 0.29) is 18.8 Å². The molecule has 2 aliphatic rings. The number of anilines is 1. The third-order valence-electron chi connectivity index (χ3n) is 4.68. The van der Waals surface area contributed by atoms with Gasteiger partial charge < -0.3 is 24.3 Å². The SMILES string of the molecule is O=C(/C=C/c1ccc2c(c1)OCO2)Nc1cnn(C[C@H]2COc3ccccc3O2)c1. The molecule has 30 heavy (non-hydrogen) atoms. The quantitative estimate of drug-likeness (QED) is 0.657. The first-order valence-electron chi connectivity index (χ1n) is 9.52. The zero-order valence-corrected chi connectivity index (χ0v) is 16.0. The van der Waals surface area contributed by atoms with Gasteiger partial charge in [-0.3, -0.25) is 9.48 Å². The number of carbonyl (C=O) groups excluding carboxylic acids is 1. The summed E-state index contributed by atoms with van der Waals surface area (Å²) in [4.78, 5) is 12.2. The van der Waals surface area contributed by atoms with Crippen LogP contribution >= 0.6 is 0 Å². The van der Waals surface area contributed by atoms with Crippen molar-refractivity contribution < 1.29 is 23.7 Å². The fourth-order valence-corrected chi connectivity index (χ4v) is 3.26. The van der Waals surface area contributed by atoms with Crippen LogP contribution in [0.4, 0.5) is 5.69 Å². The van der Waals surface area contributed by atoms with E-state index in [1.54, 1.807) is 23.2 Å². The number of ether oxygens (including phenoxy) is 4. The lowest BCUT2D eigenvalue weighted by Gasteiger charge is -2.26. The summed E-state index contributed by atoms with van der Waals surface area (Å²) in [5, 5.41) is 7.09. The molecule has 0 fully saturated rings. The van der Waals surface area contributed by atoms with E-state index in [9.17, 15) is 4.79 Å². The number of rotatable bonds is 5. The second kappa shape index (κ2) is 7.82. The molecule has 3 heterocycles. The Labute approximate surface area is 172 Å². The van der Waals surface area contributed by atoms with Gasteiger partial charge in [-0.25, -0.2) is 0 Å². The van der Waals surface area contributed by atoms with Crippen molar-refractivity contribution >= 4 is 17.7 Å². The van der Waals surface area contributed by atoms with Crippen LogP contribution in [-0.4, -0.2) is 35.2 Å². The van der Waals surface area contributed by atoms with Gasteiger partial charge in [-0.2, -0.15) is 5.10 Å². The molecule has 0 spiro atoms. The number of benzene rings is 2. The minimum Gasteiger partial charge on any atom is -0.486 e. The zero-order valence-electron chi connectivity index (χ0n) is 16.0. The van der Waals surface area contributed by atoms with Gasteiger partial charge in [0.25, 0.3) is 0 Å². The minimum atomic E-state index is -0.251. The van der Waals surface area contributed by atoms with Gasteiger partial charge in [0, 0.05) is 12.3 Å². The normalized spacial score (nSPS) is 16.6. The number of hydrogen-bond donors (Lipinski definition) is 1. The standard InChI is InChI=1S/C22H19N3O5/c26-22(8-6-15-5-7-19-21(9-15)29-14-28-19)24-16-10-23-25(11-16)12-17-13-27-18-3-1-2-4-20(18)30-17/h1-11,17H,12-14H2,(H,24,26)/b8-6+/t17-/m0/s1. The van der Waals surface area contributed by atoms with Crippen molar-refractivity contribution in [1.29, 1.82) is 0 Å². The first kappa shape index (κ1) is 18.1. The lowest BCUT2D eigenvalue weighted by atomic mass is 10.2. The predicted octanol–water partition coefficient (Wildman–Crippen LogP) is 3.10. The zero-order chi connectivity index (χ0) is 20.3. The van der Waals surface area contributed by atoms with Crippen LogP contribution in [0.15, 0.2) is 60.9 Å². The van der Waals surface area contributed by atoms with Gasteiger partial charge in [-0.05, 0) is 35.9 Å². The fourth-order valence-electron chi connectivity index (χ4n) is 3.26. The number of amides is 1. The highest BCUT2D eigenvalue weighted by Crippen LogP contribution is 2.33. The molecule has 0 bridgehead atoms. The first-order valence-corrected chi connectivity index (χ1v) is 9.52. The Hall–Kier alpha value is -3.94. The summed E-state index contributed by atoms with van der Waals surface area (Å²) in [6.45, 7) is 1.17. The number of carbonyl (C=O) groups is 1. The maximum Gasteiger partial charge on any atom is 0.248 e. The Morgan fingerprint density at radius 2 is 1.93 bits per heavy atom. The van der Waals surface area contributed by atoms with Gasteiger partial charge >= 0.3 is 0 Å². The topological polar surface area (TPSA) is 83.8 Å². The first-order chi connectivity index (χ1) is 14.7. The third-order valence-corrected chi connectivity index (χ3v) is 4.68. The molecule has 0 saturated heterocycles. The van der Waals surface area contributed by atoms with Crippen molar-refractivity contribution in [2.75, 3.05) is 18.7 Å². The number of nitrogens with zero attached hydrogens (tertiary/aromatic N) is 2. The maximum atomic E-state index is 12.2. The molecule has 1 N–H and O–H groups in total. The van der Waals surface area contributed by atoms with Crippen molar-refractivity contribution in [3.63, 3.8) is 0 Å². The van der Waals surface area contributed by atoms with Crippen LogP contribution < -0.4 is 24.3 Å². The van der Waals surface area contributed by atoms with E-state index in [2.05, 4.69) is 10.4 Å². The van der Waals surface area contributed by atoms with Crippen LogP contribution in [0.1, 0.15) is 5.56 Å². The van der Waals surface area contributed by atoms with Crippen molar-refractivity contribution in [2.24, 2.45) is 0 Å². The monoisotopic (exact) mass is 405 g/mol. The van der Waals surface area contributed by atoms with Crippen LogP contribution in [-0.2, 0) is 11.3 Å². The molecule has 0 aliphatic carbocycles. The van der Waals surface area contributed by atoms with Crippen molar-refractivity contribution in [3.05, 3.63) is 66.5 Å². The molecule has 0 radical (unpaired) electrons. The highest BCUT2D eigenvalue weighted by Gasteiger charge is 2.21. The number of nitrogens with one attached hydrogen (secondary N) is 1. The number of para-hydroxylation sites is 2. The molecule has 3 aromatic rings. The maximum absolute atomic E-state index is 12.2. The lowest BCUT2D eigenvalue weighted by Crippen LogP contribution is -2.33. The van der Waals surface area contributed by atoms with Crippen LogP contribution in [0.2, 0.25) is 0 Å². The highest BCUT2D eigenvalue weighted by atomic mass is 16.7. The fraction of sp³-hybridized carbons (Fsp3) is 0.182. The number of aromatic nitrogens is 2. The summed E-state index contributed by atoms with van der Waals surface area (Å²) in [6.07, 6.45) is 6.38. The van der Waals surface area contributed by atoms with Crippen LogP contribution in [0.5, 0.6) is 23.0 Å². The summed E-state index contributed by atoms with van der Waals surface area (Å²) in [5.74, 6) is 2.60. The Morgan fingerprint density at radius 3 is 2.87 bits per heavy atom. The molecular weight excluding hydrogens is 386 g/mol. The molecule has 2 aliphatic heterocycles. The Balaban J connectivity index is 1.16. The van der Waals surface area contributed by atoms with Crippen LogP contribution in [0.3, 0.4) is 0 Å². The van der Waals surface area contributed by atoms with Crippen molar-refractivity contribution in [2.45, 2.75) is 12.6 Å². The molecule has 0 unspecified atom stereocenters. The van der Waals surface area contributed by atoms with Gasteiger partial charge in [0.2, 0.25) is 12.7 Å². The predicted molar refractivity (Wildman–Crippen MR) is 109 cm³/mol. The molecule has 152 valence electrons. The molecule has 0 saturated carbocycles. The van der Waals surface area contributed by atoms with E-state index in [0.717, 1.165) is 17.1 Å². The molecule has 1 atom stereocenters. The van der Waals surface area contributed by atoms with E-state index < -0.39 is 0 Å². The molecular formula is C22H19N3O5. The molecule has 8 nitrogen and oxygen atoms in total. The smallest absolute Gasteiger partial charge is 0.248 e. The summed E-state index contributed by atoms with van der Waals surface area (Å²) < 4.78 is 24.0. The summed E-state index contributed by atoms with van der Waals surface area (Å²) in [7, 11) is 0. The molecule has 1 amide bonds. The second-order valence-corrected chi connectivity index (χ2v) is 6.88. The van der Waals surface area contributed by atoms with E-state index >= 15 is 0 Å². The largest absolute Gasteiger partial charge is 0.486 e. The molecule has 5 rings (SSSR count). The molecule has 8 heteroatoms. The molecule has 1 aromatic heterocycles. The van der Waals surface area contributed by atoms with E-state index in [0.29, 0.717) is 30.3 Å². The Kier molecular flexibility index (Phi) is 4.72. The van der Waals surface area contributed by atoms with E-state index in [4.69, 9.17) is 18.9 Å². The van der Waals surface area contributed by atoms with Crippen molar-refractivity contribution in [1.82, 2.24) is 9.78 Å². The van der Waals surface area contributed by atoms with Crippen molar-refractivity contribution in [3.8, 4) is 23.0 Å². The number of hydrogen-bond acceptors (Lipinski definition) is 6. The van der Waals surface area contributed by atoms with E-state index in [1.807, 2.05) is 42.5 Å².